The molecule has 0 aliphatic heterocycles. The van der Waals surface area contributed by atoms with Gasteiger partial charge in [-0.1, -0.05) is 40.2 Å². The maximum absolute atomic E-state index is 11.9. The number of benzene rings is 2. The molecule has 1 amide bonds. The van der Waals surface area contributed by atoms with Gasteiger partial charge in [0.2, 0.25) is 5.91 Å². The van der Waals surface area contributed by atoms with Gasteiger partial charge in [-0.15, -0.1) is 11.8 Å². The van der Waals surface area contributed by atoms with Crippen molar-refractivity contribution in [2.45, 2.75) is 19.6 Å². The zero-order valence-electron chi connectivity index (χ0n) is 12.2. The third-order valence-corrected chi connectivity index (χ3v) is 4.99. The summed E-state index contributed by atoms with van der Waals surface area (Å²) in [7, 11) is 0. The number of hydrogen-bond acceptors (Lipinski definition) is 2. The lowest BCUT2D eigenvalue weighted by Crippen LogP contribution is -2.14. The van der Waals surface area contributed by atoms with Gasteiger partial charge in [-0.25, -0.2) is 0 Å². The molecule has 0 radical (unpaired) electrons. The van der Waals surface area contributed by atoms with Crippen LogP contribution < -0.4 is 5.32 Å². The Kier molecular flexibility index (Phi) is 5.88. The molecule has 0 spiro atoms. The lowest BCUT2D eigenvalue weighted by Gasteiger charge is -2.08. The molecule has 0 fully saturated rings. The molecular formula is C17H18BrNOS. The van der Waals surface area contributed by atoms with E-state index in [0.717, 1.165) is 15.9 Å². The van der Waals surface area contributed by atoms with Gasteiger partial charge < -0.3 is 5.32 Å². The molecule has 0 aromatic heterocycles. The van der Waals surface area contributed by atoms with Crippen molar-refractivity contribution in [3.8, 4) is 0 Å². The minimum atomic E-state index is 0.0373. The van der Waals surface area contributed by atoms with Crippen LogP contribution in [0, 0.1) is 13.8 Å². The van der Waals surface area contributed by atoms with Crippen molar-refractivity contribution >= 4 is 39.3 Å². The maximum Gasteiger partial charge on any atom is 0.234 e. The largest absolute Gasteiger partial charge is 0.325 e. The summed E-state index contributed by atoms with van der Waals surface area (Å²) in [5, 5.41) is 2.94. The third-order valence-electron chi connectivity index (χ3n) is 3.24. The Labute approximate surface area is 138 Å². The first-order valence-electron chi connectivity index (χ1n) is 6.74. The van der Waals surface area contributed by atoms with Gasteiger partial charge in [0.05, 0.1) is 5.75 Å². The molecule has 1 N–H and O–H groups in total. The van der Waals surface area contributed by atoms with Gasteiger partial charge in [0, 0.05) is 15.9 Å². The van der Waals surface area contributed by atoms with Gasteiger partial charge >= 0.3 is 0 Å². The van der Waals surface area contributed by atoms with Gasteiger partial charge in [0.25, 0.3) is 0 Å². The zero-order chi connectivity index (χ0) is 15.2. The van der Waals surface area contributed by atoms with Gasteiger partial charge in [-0.2, -0.15) is 0 Å². The number of halogens is 1. The first-order chi connectivity index (χ1) is 10.1. The number of aryl methyl sites for hydroxylation is 2. The maximum atomic E-state index is 11.9. The van der Waals surface area contributed by atoms with Crippen LogP contribution >= 0.6 is 27.7 Å². The van der Waals surface area contributed by atoms with Crippen molar-refractivity contribution in [3.05, 3.63) is 63.6 Å². The number of hydrogen-bond donors (Lipinski definition) is 1. The van der Waals surface area contributed by atoms with Crippen LogP contribution in [0.15, 0.2) is 46.9 Å². The van der Waals surface area contributed by atoms with E-state index in [1.165, 1.54) is 16.7 Å². The van der Waals surface area contributed by atoms with Crippen LogP contribution in [0.4, 0.5) is 5.69 Å². The number of amides is 1. The molecule has 2 aromatic rings. The highest BCUT2D eigenvalue weighted by atomic mass is 79.9. The highest BCUT2D eigenvalue weighted by Gasteiger charge is 2.05. The van der Waals surface area contributed by atoms with E-state index in [1.54, 1.807) is 11.8 Å². The molecular weight excluding hydrogens is 346 g/mol. The SMILES string of the molecule is Cc1ccc(NC(=O)CSCc2ccccc2Br)cc1C. The van der Waals surface area contributed by atoms with E-state index in [9.17, 15) is 4.79 Å². The Morgan fingerprint density at radius 2 is 1.90 bits per heavy atom. The number of carbonyl (C=O) groups is 1. The van der Waals surface area contributed by atoms with E-state index in [1.807, 2.05) is 43.3 Å². The standard InChI is InChI=1S/C17H18BrNOS/c1-12-7-8-15(9-13(12)2)19-17(20)11-21-10-14-5-3-4-6-16(14)18/h3-9H,10-11H2,1-2H3,(H,19,20). The first kappa shape index (κ1) is 16.1. The molecule has 0 atom stereocenters. The van der Waals surface area contributed by atoms with Crippen molar-refractivity contribution in [2.75, 3.05) is 11.1 Å². The van der Waals surface area contributed by atoms with Crippen molar-refractivity contribution in [3.63, 3.8) is 0 Å². The van der Waals surface area contributed by atoms with Crippen LogP contribution in [0.5, 0.6) is 0 Å². The normalized spacial score (nSPS) is 10.4. The van der Waals surface area contributed by atoms with Gasteiger partial charge in [-0.05, 0) is 48.7 Å². The van der Waals surface area contributed by atoms with Crippen LogP contribution in [-0.2, 0) is 10.5 Å². The highest BCUT2D eigenvalue weighted by Crippen LogP contribution is 2.21. The predicted molar refractivity (Wildman–Crippen MR) is 94.8 cm³/mol. The molecule has 0 aliphatic rings. The fourth-order valence-electron chi connectivity index (χ4n) is 1.89. The summed E-state index contributed by atoms with van der Waals surface area (Å²) in [5.74, 6) is 1.31. The van der Waals surface area contributed by atoms with Crippen LogP contribution in [-0.4, -0.2) is 11.7 Å². The topological polar surface area (TPSA) is 29.1 Å². The number of rotatable bonds is 5. The van der Waals surface area contributed by atoms with E-state index in [-0.39, 0.29) is 5.91 Å². The Bertz CT molecular complexity index is 642. The highest BCUT2D eigenvalue weighted by molar-refractivity contribution is 9.10. The molecule has 0 aliphatic carbocycles. The van der Waals surface area contributed by atoms with E-state index >= 15 is 0 Å². The van der Waals surface area contributed by atoms with E-state index in [2.05, 4.69) is 34.2 Å². The minimum absolute atomic E-state index is 0.0373. The fraction of sp³-hybridized carbons (Fsp3) is 0.235. The summed E-state index contributed by atoms with van der Waals surface area (Å²) in [6.07, 6.45) is 0. The summed E-state index contributed by atoms with van der Waals surface area (Å²) in [5.41, 5.74) is 4.50. The molecule has 0 heterocycles. The molecule has 0 saturated heterocycles. The van der Waals surface area contributed by atoms with Crippen molar-refractivity contribution < 1.29 is 4.79 Å². The van der Waals surface area contributed by atoms with Crippen molar-refractivity contribution in [2.24, 2.45) is 0 Å². The number of nitrogens with one attached hydrogen (secondary N) is 1. The van der Waals surface area contributed by atoms with Gasteiger partial charge in [-0.3, -0.25) is 4.79 Å². The number of thioether (sulfide) groups is 1. The Hall–Kier alpha value is -1.26. The minimum Gasteiger partial charge on any atom is -0.325 e. The summed E-state index contributed by atoms with van der Waals surface area (Å²) < 4.78 is 1.09. The summed E-state index contributed by atoms with van der Waals surface area (Å²) in [6.45, 7) is 4.11. The van der Waals surface area contributed by atoms with E-state index in [4.69, 9.17) is 0 Å². The van der Waals surface area contributed by atoms with Crippen LogP contribution in [0.1, 0.15) is 16.7 Å². The second kappa shape index (κ2) is 7.66. The second-order valence-corrected chi connectivity index (χ2v) is 6.77. The summed E-state index contributed by atoms with van der Waals surface area (Å²) in [4.78, 5) is 11.9. The Morgan fingerprint density at radius 3 is 2.62 bits per heavy atom. The number of anilines is 1. The fourth-order valence-corrected chi connectivity index (χ4v) is 3.33. The second-order valence-electron chi connectivity index (χ2n) is 4.93. The quantitative estimate of drug-likeness (QED) is 0.814. The first-order valence-corrected chi connectivity index (χ1v) is 8.69. The molecule has 2 aromatic carbocycles. The Balaban J connectivity index is 1.82. The van der Waals surface area contributed by atoms with E-state index < -0.39 is 0 Å². The summed E-state index contributed by atoms with van der Waals surface area (Å²) in [6, 6.07) is 14.1. The lowest BCUT2D eigenvalue weighted by molar-refractivity contribution is -0.113. The smallest absolute Gasteiger partial charge is 0.234 e. The van der Waals surface area contributed by atoms with Crippen LogP contribution in [0.25, 0.3) is 0 Å². The van der Waals surface area contributed by atoms with Crippen LogP contribution in [0.2, 0.25) is 0 Å². The number of carbonyl (C=O) groups excluding carboxylic acids is 1. The van der Waals surface area contributed by atoms with E-state index in [0.29, 0.717) is 5.75 Å². The zero-order valence-corrected chi connectivity index (χ0v) is 14.6. The molecule has 2 rings (SSSR count). The average Bonchev–Trinajstić information content (AvgIpc) is 2.45. The van der Waals surface area contributed by atoms with Crippen molar-refractivity contribution in [1.82, 2.24) is 0 Å². The molecule has 4 heteroatoms. The molecule has 2 nitrogen and oxygen atoms in total. The molecule has 110 valence electrons. The lowest BCUT2D eigenvalue weighted by atomic mass is 10.1. The van der Waals surface area contributed by atoms with Gasteiger partial charge in [0.1, 0.15) is 0 Å². The monoisotopic (exact) mass is 363 g/mol. The van der Waals surface area contributed by atoms with Gasteiger partial charge in [0.15, 0.2) is 0 Å². The molecule has 0 saturated carbocycles. The van der Waals surface area contributed by atoms with Crippen LogP contribution in [0.3, 0.4) is 0 Å². The predicted octanol–water partition coefficient (Wildman–Crippen LogP) is 4.94. The molecule has 0 unspecified atom stereocenters. The third kappa shape index (κ3) is 4.90. The average molecular weight is 364 g/mol. The Morgan fingerprint density at radius 1 is 1.14 bits per heavy atom. The molecule has 0 bridgehead atoms. The summed E-state index contributed by atoms with van der Waals surface area (Å²) >= 11 is 5.13. The molecule has 21 heavy (non-hydrogen) atoms. The van der Waals surface area contributed by atoms with Crippen molar-refractivity contribution in [1.29, 1.82) is 0 Å².